The average Bonchev–Trinajstić information content (AvgIpc) is 2.09. The zero-order chi connectivity index (χ0) is 9.84. The minimum Gasteiger partial charge on any atom is -0.323 e. The lowest BCUT2D eigenvalue weighted by atomic mass is 10.1. The molecule has 1 atom stereocenters. The molecule has 0 aliphatic carbocycles. The van der Waals surface area contributed by atoms with Crippen molar-refractivity contribution >= 4 is 23.7 Å². The maximum Gasteiger partial charge on any atom is 0.324 e. The van der Waals surface area contributed by atoms with Crippen LogP contribution < -0.4 is 5.32 Å². The lowest BCUT2D eigenvalue weighted by Gasteiger charge is -2.30. The van der Waals surface area contributed by atoms with Gasteiger partial charge in [0.05, 0.1) is 5.92 Å². The molecule has 0 radical (unpaired) electrons. The molecule has 1 heterocycles. The molecular weight excluding hydrogens is 188 g/mol. The van der Waals surface area contributed by atoms with Gasteiger partial charge in [-0.3, -0.25) is 10.1 Å². The molecule has 0 aromatic heterocycles. The van der Waals surface area contributed by atoms with Crippen LogP contribution in [0.5, 0.6) is 0 Å². The molecule has 1 rings (SSSR count). The van der Waals surface area contributed by atoms with Gasteiger partial charge in [-0.25, -0.2) is 4.79 Å². The van der Waals surface area contributed by atoms with Gasteiger partial charge in [-0.1, -0.05) is 6.92 Å². The lowest BCUT2D eigenvalue weighted by molar-refractivity contribution is -0.125. The summed E-state index contributed by atoms with van der Waals surface area (Å²) < 4.78 is 0. The molecule has 13 heavy (non-hydrogen) atoms. The van der Waals surface area contributed by atoms with Crippen LogP contribution in [-0.4, -0.2) is 41.9 Å². The van der Waals surface area contributed by atoms with Gasteiger partial charge in [0.2, 0.25) is 5.91 Å². The summed E-state index contributed by atoms with van der Waals surface area (Å²) >= 11 is 1.69. The summed E-state index contributed by atoms with van der Waals surface area (Å²) in [7, 11) is 0. The fourth-order valence-corrected chi connectivity index (χ4v) is 1.60. The molecule has 1 aliphatic rings. The second-order valence-corrected chi connectivity index (χ2v) is 4.12. The lowest BCUT2D eigenvalue weighted by Crippen LogP contribution is -2.54. The first-order valence-electron chi connectivity index (χ1n) is 4.24. The highest BCUT2D eigenvalue weighted by molar-refractivity contribution is 7.98. The molecule has 1 fully saturated rings. The quantitative estimate of drug-likeness (QED) is 0.726. The molecular formula is C8H14N2O2S. The molecule has 4 nitrogen and oxygen atoms in total. The van der Waals surface area contributed by atoms with Gasteiger partial charge in [0.25, 0.3) is 0 Å². The number of imide groups is 1. The second-order valence-electron chi connectivity index (χ2n) is 3.13. The van der Waals surface area contributed by atoms with E-state index < -0.39 is 0 Å². The van der Waals surface area contributed by atoms with Crippen molar-refractivity contribution in [3.8, 4) is 0 Å². The third-order valence-electron chi connectivity index (χ3n) is 2.02. The highest BCUT2D eigenvalue weighted by Gasteiger charge is 2.28. The Morgan fingerprint density at radius 1 is 1.62 bits per heavy atom. The third kappa shape index (κ3) is 2.62. The Balaban J connectivity index is 2.46. The summed E-state index contributed by atoms with van der Waals surface area (Å²) in [5.41, 5.74) is 0. The monoisotopic (exact) mass is 202 g/mol. The molecule has 1 aliphatic heterocycles. The van der Waals surface area contributed by atoms with E-state index in [0.717, 1.165) is 5.75 Å². The first-order valence-corrected chi connectivity index (χ1v) is 5.63. The summed E-state index contributed by atoms with van der Waals surface area (Å²) in [6.45, 7) is 3.09. The van der Waals surface area contributed by atoms with Crippen molar-refractivity contribution in [2.75, 3.05) is 25.1 Å². The number of hydrogen-bond acceptors (Lipinski definition) is 3. The van der Waals surface area contributed by atoms with E-state index in [0.29, 0.717) is 13.1 Å². The molecule has 0 aromatic carbocycles. The summed E-state index contributed by atoms with van der Waals surface area (Å²) in [6, 6.07) is -0.253. The molecule has 0 aromatic rings. The van der Waals surface area contributed by atoms with Crippen LogP contribution in [0, 0.1) is 5.92 Å². The van der Waals surface area contributed by atoms with Crippen molar-refractivity contribution in [3.05, 3.63) is 0 Å². The molecule has 0 spiro atoms. The number of carbonyl (C=O) groups excluding carboxylic acids is 2. The second kappa shape index (κ2) is 4.50. The van der Waals surface area contributed by atoms with Crippen LogP contribution >= 0.6 is 11.8 Å². The van der Waals surface area contributed by atoms with Crippen LogP contribution in [0.1, 0.15) is 6.92 Å². The summed E-state index contributed by atoms with van der Waals surface area (Å²) in [5.74, 6) is 0.666. The topological polar surface area (TPSA) is 49.4 Å². The van der Waals surface area contributed by atoms with E-state index in [1.165, 1.54) is 0 Å². The van der Waals surface area contributed by atoms with Gasteiger partial charge in [0.15, 0.2) is 0 Å². The van der Waals surface area contributed by atoms with Crippen molar-refractivity contribution in [2.45, 2.75) is 6.92 Å². The van der Waals surface area contributed by atoms with Crippen LogP contribution in [0.2, 0.25) is 0 Å². The number of rotatable bonds is 3. The van der Waals surface area contributed by atoms with Crippen LogP contribution in [0.15, 0.2) is 0 Å². The average molecular weight is 202 g/mol. The number of nitrogens with one attached hydrogen (secondary N) is 1. The highest BCUT2D eigenvalue weighted by Crippen LogP contribution is 2.07. The van der Waals surface area contributed by atoms with Crippen LogP contribution in [0.25, 0.3) is 0 Å². The van der Waals surface area contributed by atoms with E-state index in [9.17, 15) is 9.59 Å². The first-order chi connectivity index (χ1) is 6.15. The Hall–Kier alpha value is -0.710. The van der Waals surface area contributed by atoms with Gasteiger partial charge < -0.3 is 4.90 Å². The van der Waals surface area contributed by atoms with E-state index in [4.69, 9.17) is 0 Å². The van der Waals surface area contributed by atoms with Gasteiger partial charge in [-0.05, 0) is 6.26 Å². The smallest absolute Gasteiger partial charge is 0.323 e. The number of hydrogen-bond donors (Lipinski definition) is 1. The predicted octanol–water partition coefficient (Wildman–Crippen LogP) is 0.537. The van der Waals surface area contributed by atoms with Gasteiger partial charge in [0.1, 0.15) is 0 Å². The van der Waals surface area contributed by atoms with Crippen molar-refractivity contribution < 1.29 is 9.59 Å². The Morgan fingerprint density at radius 2 is 2.31 bits per heavy atom. The van der Waals surface area contributed by atoms with E-state index >= 15 is 0 Å². The van der Waals surface area contributed by atoms with E-state index in [2.05, 4.69) is 5.32 Å². The minimum atomic E-state index is -0.253. The Morgan fingerprint density at radius 3 is 2.92 bits per heavy atom. The van der Waals surface area contributed by atoms with Crippen molar-refractivity contribution in [3.63, 3.8) is 0 Å². The molecule has 5 heteroatoms. The normalized spacial score (nSPS) is 23.2. The van der Waals surface area contributed by atoms with Crippen molar-refractivity contribution in [2.24, 2.45) is 5.92 Å². The van der Waals surface area contributed by atoms with E-state index in [-0.39, 0.29) is 17.9 Å². The van der Waals surface area contributed by atoms with Crippen molar-refractivity contribution in [1.29, 1.82) is 0 Å². The first kappa shape index (κ1) is 10.4. The van der Waals surface area contributed by atoms with Crippen LogP contribution in [0.4, 0.5) is 4.79 Å². The van der Waals surface area contributed by atoms with E-state index in [1.807, 2.05) is 13.2 Å². The summed E-state index contributed by atoms with van der Waals surface area (Å²) in [4.78, 5) is 24.0. The standard InChI is InChI=1S/C8H14N2O2S/c1-6-5-10(3-4-13-2)8(12)9-7(6)11/h6H,3-5H2,1-2H3,(H,9,11,12). The summed E-state index contributed by atoms with van der Waals surface area (Å²) in [6.07, 6.45) is 2.00. The minimum absolute atomic E-state index is 0.0837. The fourth-order valence-electron chi connectivity index (χ4n) is 1.20. The van der Waals surface area contributed by atoms with Crippen LogP contribution in [-0.2, 0) is 4.79 Å². The number of thioether (sulfide) groups is 1. The largest absolute Gasteiger partial charge is 0.324 e. The summed E-state index contributed by atoms with van der Waals surface area (Å²) in [5, 5.41) is 2.33. The maximum atomic E-state index is 11.2. The predicted molar refractivity (Wildman–Crippen MR) is 52.7 cm³/mol. The zero-order valence-electron chi connectivity index (χ0n) is 7.87. The van der Waals surface area contributed by atoms with Gasteiger partial charge in [0, 0.05) is 18.8 Å². The van der Waals surface area contributed by atoms with Gasteiger partial charge >= 0.3 is 6.03 Å². The highest BCUT2D eigenvalue weighted by atomic mass is 32.2. The third-order valence-corrected chi connectivity index (χ3v) is 2.62. The number of amides is 3. The van der Waals surface area contributed by atoms with Crippen molar-refractivity contribution in [1.82, 2.24) is 10.2 Å². The SMILES string of the molecule is CSCCN1CC(C)C(=O)NC1=O. The van der Waals surface area contributed by atoms with Gasteiger partial charge in [-0.2, -0.15) is 11.8 Å². The zero-order valence-corrected chi connectivity index (χ0v) is 8.69. The fraction of sp³-hybridized carbons (Fsp3) is 0.750. The van der Waals surface area contributed by atoms with Gasteiger partial charge in [-0.15, -0.1) is 0 Å². The molecule has 1 saturated heterocycles. The Kier molecular flexibility index (Phi) is 3.59. The molecule has 0 bridgehead atoms. The molecule has 3 amide bonds. The number of carbonyl (C=O) groups is 2. The molecule has 0 saturated carbocycles. The van der Waals surface area contributed by atoms with E-state index in [1.54, 1.807) is 16.7 Å². The molecule has 1 unspecified atom stereocenters. The Bertz CT molecular complexity index is 220. The van der Waals surface area contributed by atoms with Crippen LogP contribution in [0.3, 0.4) is 0 Å². The molecule has 74 valence electrons. The molecule has 1 N–H and O–H groups in total. The maximum absolute atomic E-state index is 11.2. The Labute approximate surface area is 82.0 Å². The number of nitrogens with zero attached hydrogens (tertiary/aromatic N) is 1. The number of urea groups is 1.